The van der Waals surface area contributed by atoms with Gasteiger partial charge in [-0.2, -0.15) is 0 Å². The summed E-state index contributed by atoms with van der Waals surface area (Å²) in [6, 6.07) is 19.2. The number of sulfonamides is 1. The highest BCUT2D eigenvalue weighted by atomic mass is 32.2. The normalized spacial score (nSPS) is 11.1. The monoisotopic (exact) mass is 523 g/mol. The molecule has 0 saturated carbocycles. The van der Waals surface area contributed by atoms with E-state index in [0.29, 0.717) is 17.1 Å². The number of fused-ring (bicyclic) bond motifs is 1. The molecule has 0 unspecified atom stereocenters. The number of carbonyl (C=O) groups is 2. The first-order valence-corrected chi connectivity index (χ1v) is 12.4. The van der Waals surface area contributed by atoms with E-state index in [1.54, 1.807) is 37.4 Å². The van der Waals surface area contributed by atoms with Crippen LogP contribution >= 0.6 is 0 Å². The summed E-state index contributed by atoms with van der Waals surface area (Å²) in [4.78, 5) is 24.4. The van der Waals surface area contributed by atoms with Gasteiger partial charge in [0.2, 0.25) is 0 Å². The van der Waals surface area contributed by atoms with Crippen molar-refractivity contribution in [2.45, 2.75) is 4.90 Å². The number of hydrogen-bond donors (Lipinski definition) is 1. The van der Waals surface area contributed by atoms with Gasteiger partial charge in [0.1, 0.15) is 22.2 Å². The number of ketones is 1. The third-order valence-electron chi connectivity index (χ3n) is 5.50. The van der Waals surface area contributed by atoms with Crippen molar-refractivity contribution >= 4 is 38.2 Å². The van der Waals surface area contributed by atoms with E-state index in [2.05, 4.69) is 4.72 Å². The standard InChI is InChI=1S/C27H22FNO7S/c1-34-22-10-7-21(8-11-22)29-37(32,33)26-15-20(6-12-24(26)28)27(31)36-16-25(30)19-4-3-18-14-23(35-2)9-5-17(18)13-19/h3-15,29H,16H2,1-2H3. The van der Waals surface area contributed by atoms with Crippen LogP contribution in [0.15, 0.2) is 83.8 Å². The molecule has 0 aliphatic rings. The van der Waals surface area contributed by atoms with Crippen molar-refractivity contribution < 1.29 is 36.6 Å². The molecule has 0 heterocycles. The second kappa shape index (κ2) is 10.7. The molecule has 0 bridgehead atoms. The number of nitrogens with one attached hydrogen (secondary N) is 1. The van der Waals surface area contributed by atoms with Crippen LogP contribution in [0.3, 0.4) is 0 Å². The Balaban J connectivity index is 1.46. The van der Waals surface area contributed by atoms with E-state index in [9.17, 15) is 22.4 Å². The number of methoxy groups -OCH3 is 2. The smallest absolute Gasteiger partial charge is 0.338 e. The maximum Gasteiger partial charge on any atom is 0.338 e. The first kappa shape index (κ1) is 25.6. The number of hydrogen-bond acceptors (Lipinski definition) is 7. The van der Waals surface area contributed by atoms with Gasteiger partial charge in [-0.05, 0) is 71.4 Å². The highest BCUT2D eigenvalue weighted by Gasteiger charge is 2.22. The van der Waals surface area contributed by atoms with Crippen molar-refractivity contribution in [1.82, 2.24) is 0 Å². The molecule has 0 radical (unpaired) electrons. The van der Waals surface area contributed by atoms with Gasteiger partial charge < -0.3 is 14.2 Å². The Morgan fingerprint density at radius 1 is 0.784 bits per heavy atom. The third kappa shape index (κ3) is 5.87. The van der Waals surface area contributed by atoms with Gasteiger partial charge in [0.25, 0.3) is 10.0 Å². The Bertz CT molecular complexity index is 1580. The number of benzene rings is 4. The van der Waals surface area contributed by atoms with Crippen LogP contribution < -0.4 is 14.2 Å². The predicted octanol–water partition coefficient (Wildman–Crippen LogP) is 4.84. The van der Waals surface area contributed by atoms with Gasteiger partial charge in [-0.3, -0.25) is 9.52 Å². The summed E-state index contributed by atoms with van der Waals surface area (Å²) in [5.74, 6) is -1.29. The minimum atomic E-state index is -4.37. The molecule has 8 nitrogen and oxygen atoms in total. The first-order chi connectivity index (χ1) is 17.7. The summed E-state index contributed by atoms with van der Waals surface area (Å²) < 4.78 is 57.5. The maximum absolute atomic E-state index is 14.4. The molecule has 4 rings (SSSR count). The van der Waals surface area contributed by atoms with Crippen molar-refractivity contribution in [3.05, 3.63) is 95.8 Å². The van der Waals surface area contributed by atoms with E-state index in [1.807, 2.05) is 6.07 Å². The van der Waals surface area contributed by atoms with Crippen molar-refractivity contribution in [3.8, 4) is 11.5 Å². The number of carbonyl (C=O) groups excluding carboxylic acids is 2. The van der Waals surface area contributed by atoms with E-state index in [1.165, 1.54) is 31.4 Å². The Morgan fingerprint density at radius 2 is 1.41 bits per heavy atom. The van der Waals surface area contributed by atoms with E-state index in [0.717, 1.165) is 29.0 Å². The predicted molar refractivity (Wildman–Crippen MR) is 135 cm³/mol. The zero-order valence-electron chi connectivity index (χ0n) is 19.9. The summed E-state index contributed by atoms with van der Waals surface area (Å²) >= 11 is 0. The Hall–Kier alpha value is -4.44. The van der Waals surface area contributed by atoms with Crippen LogP contribution in [0.1, 0.15) is 20.7 Å². The van der Waals surface area contributed by atoms with Crippen LogP contribution in [-0.2, 0) is 14.8 Å². The van der Waals surface area contributed by atoms with Crippen LogP contribution in [-0.4, -0.2) is 41.0 Å². The molecule has 0 atom stereocenters. The minimum Gasteiger partial charge on any atom is -0.497 e. The topological polar surface area (TPSA) is 108 Å². The molecule has 37 heavy (non-hydrogen) atoms. The summed E-state index contributed by atoms with van der Waals surface area (Å²) in [6.07, 6.45) is 0. The maximum atomic E-state index is 14.4. The Kier molecular flexibility index (Phi) is 7.40. The van der Waals surface area contributed by atoms with Crippen molar-refractivity contribution in [1.29, 1.82) is 0 Å². The van der Waals surface area contributed by atoms with Gasteiger partial charge >= 0.3 is 5.97 Å². The fourth-order valence-corrected chi connectivity index (χ4v) is 4.69. The second-order valence-electron chi connectivity index (χ2n) is 7.91. The van der Waals surface area contributed by atoms with Crippen molar-refractivity contribution in [3.63, 3.8) is 0 Å². The second-order valence-corrected chi connectivity index (χ2v) is 9.56. The molecule has 0 spiro atoms. The third-order valence-corrected chi connectivity index (χ3v) is 6.90. The lowest BCUT2D eigenvalue weighted by Gasteiger charge is -2.11. The van der Waals surface area contributed by atoms with Crippen LogP contribution in [0.25, 0.3) is 10.8 Å². The molecule has 0 amide bonds. The van der Waals surface area contributed by atoms with Crippen molar-refractivity contribution in [2.75, 3.05) is 25.5 Å². The van der Waals surface area contributed by atoms with Gasteiger partial charge in [-0.25, -0.2) is 17.6 Å². The number of Topliss-reactive ketones (excluding diaryl/α,β-unsaturated/α-hetero) is 1. The van der Waals surface area contributed by atoms with Crippen LogP contribution in [0.5, 0.6) is 11.5 Å². The summed E-state index contributed by atoms with van der Waals surface area (Å²) in [6.45, 7) is -0.579. The lowest BCUT2D eigenvalue weighted by atomic mass is 10.0. The largest absolute Gasteiger partial charge is 0.497 e. The van der Waals surface area contributed by atoms with Crippen LogP contribution in [0.4, 0.5) is 10.1 Å². The number of ether oxygens (including phenoxy) is 3. The van der Waals surface area contributed by atoms with E-state index < -0.39 is 39.1 Å². The lowest BCUT2D eigenvalue weighted by Crippen LogP contribution is -2.17. The molecule has 1 N–H and O–H groups in total. The fourth-order valence-electron chi connectivity index (χ4n) is 3.53. The minimum absolute atomic E-state index is 0.174. The van der Waals surface area contributed by atoms with E-state index >= 15 is 0 Å². The summed E-state index contributed by atoms with van der Waals surface area (Å²) in [7, 11) is -1.34. The van der Waals surface area contributed by atoms with Gasteiger partial charge in [0.15, 0.2) is 12.4 Å². The fraction of sp³-hybridized carbons (Fsp3) is 0.111. The molecular formula is C27H22FNO7S. The number of halogens is 1. The van der Waals surface area contributed by atoms with Gasteiger partial charge in [-0.1, -0.05) is 18.2 Å². The Labute approximate surface area is 212 Å². The SMILES string of the molecule is COc1ccc(NS(=O)(=O)c2cc(C(=O)OCC(=O)c3ccc4cc(OC)ccc4c3)ccc2F)cc1. The Morgan fingerprint density at radius 3 is 2.11 bits per heavy atom. The van der Waals surface area contributed by atoms with Crippen molar-refractivity contribution in [2.24, 2.45) is 0 Å². The van der Waals surface area contributed by atoms with E-state index in [4.69, 9.17) is 14.2 Å². The number of rotatable bonds is 9. The quantitative estimate of drug-likeness (QED) is 0.247. The van der Waals surface area contributed by atoms with Crippen LogP contribution in [0, 0.1) is 5.82 Å². The molecule has 0 fully saturated rings. The van der Waals surface area contributed by atoms with Gasteiger partial charge in [0.05, 0.1) is 19.8 Å². The number of anilines is 1. The van der Waals surface area contributed by atoms with Gasteiger partial charge in [0, 0.05) is 11.3 Å². The lowest BCUT2D eigenvalue weighted by molar-refractivity contribution is 0.0474. The molecule has 10 heteroatoms. The first-order valence-electron chi connectivity index (χ1n) is 10.9. The zero-order valence-corrected chi connectivity index (χ0v) is 20.7. The molecule has 190 valence electrons. The zero-order chi connectivity index (χ0) is 26.6. The average molecular weight is 524 g/mol. The summed E-state index contributed by atoms with van der Waals surface area (Å²) in [5.41, 5.74) is 0.277. The highest BCUT2D eigenvalue weighted by molar-refractivity contribution is 7.92. The van der Waals surface area contributed by atoms with E-state index in [-0.39, 0.29) is 11.3 Å². The summed E-state index contributed by atoms with van der Waals surface area (Å²) in [5, 5.41) is 1.67. The highest BCUT2D eigenvalue weighted by Crippen LogP contribution is 2.24. The molecule has 4 aromatic carbocycles. The number of esters is 1. The molecule has 4 aromatic rings. The molecule has 0 aliphatic heterocycles. The molecular weight excluding hydrogens is 501 g/mol. The molecule has 0 aliphatic carbocycles. The average Bonchev–Trinajstić information content (AvgIpc) is 2.91. The molecule has 0 saturated heterocycles. The van der Waals surface area contributed by atoms with Gasteiger partial charge in [-0.15, -0.1) is 0 Å². The molecule has 0 aromatic heterocycles. The van der Waals surface area contributed by atoms with Crippen LogP contribution in [0.2, 0.25) is 0 Å².